The summed E-state index contributed by atoms with van der Waals surface area (Å²) < 4.78 is 0. The molecule has 0 spiro atoms. The van der Waals surface area contributed by atoms with Gasteiger partial charge in [0.2, 0.25) is 11.8 Å². The third-order valence-electron chi connectivity index (χ3n) is 4.56. The van der Waals surface area contributed by atoms with Crippen LogP contribution in [0.1, 0.15) is 69.2 Å². The smallest absolute Gasteiger partial charge is 0.235 e. The zero-order valence-electron chi connectivity index (χ0n) is 17.5. The van der Waals surface area contributed by atoms with Crippen molar-refractivity contribution < 1.29 is 19.8 Å². The maximum atomic E-state index is 12.7. The Hall–Kier alpha value is -1.14. The zero-order valence-corrected chi connectivity index (χ0v) is 17.5. The Kier molecular flexibility index (Phi) is 7.67. The van der Waals surface area contributed by atoms with Crippen LogP contribution in [0.2, 0.25) is 0 Å². The molecule has 2 unspecified atom stereocenters. The van der Waals surface area contributed by atoms with Gasteiger partial charge < -0.3 is 20.8 Å². The first-order valence-electron chi connectivity index (χ1n) is 8.99. The summed E-state index contributed by atoms with van der Waals surface area (Å²) in [6.07, 6.45) is 0. The number of amides is 2. The first-order chi connectivity index (χ1) is 10.9. The average molecular weight is 359 g/mol. The predicted molar refractivity (Wildman–Crippen MR) is 99.9 cm³/mol. The topological polar surface area (TPSA) is 98.7 Å². The minimum absolute atomic E-state index is 0.00241. The number of hydrogen-bond donors (Lipinski definition) is 4. The van der Waals surface area contributed by atoms with Crippen molar-refractivity contribution in [2.45, 2.75) is 92.5 Å². The van der Waals surface area contributed by atoms with Crippen LogP contribution in [-0.4, -0.2) is 45.3 Å². The normalized spacial score (nSPS) is 15.9. The molecule has 6 heteroatoms. The van der Waals surface area contributed by atoms with Crippen molar-refractivity contribution in [1.82, 2.24) is 10.6 Å². The van der Waals surface area contributed by atoms with Crippen molar-refractivity contribution >= 4 is 11.8 Å². The molecule has 0 aromatic heterocycles. The van der Waals surface area contributed by atoms with E-state index in [0.717, 1.165) is 0 Å². The fourth-order valence-corrected chi connectivity index (χ4v) is 3.06. The van der Waals surface area contributed by atoms with Crippen LogP contribution in [0.4, 0.5) is 0 Å². The van der Waals surface area contributed by atoms with E-state index in [1.165, 1.54) is 0 Å². The lowest BCUT2D eigenvalue weighted by Gasteiger charge is -2.38. The fraction of sp³-hybridized carbons (Fsp3) is 0.895. The summed E-state index contributed by atoms with van der Waals surface area (Å²) in [5, 5.41) is 26.2. The Bertz CT molecular complexity index is 429. The molecule has 0 aromatic carbocycles. The maximum Gasteiger partial charge on any atom is 0.235 e. The number of aliphatic hydroxyl groups is 2. The summed E-state index contributed by atoms with van der Waals surface area (Å²) >= 11 is 0. The van der Waals surface area contributed by atoms with Crippen LogP contribution in [0.15, 0.2) is 0 Å². The molecule has 0 saturated heterocycles. The third-order valence-corrected chi connectivity index (χ3v) is 4.56. The number of rotatable bonds is 8. The van der Waals surface area contributed by atoms with Crippen molar-refractivity contribution in [3.8, 4) is 0 Å². The molecule has 0 aliphatic rings. The summed E-state index contributed by atoms with van der Waals surface area (Å²) in [4.78, 5) is 25.4. The summed E-state index contributed by atoms with van der Waals surface area (Å²) in [6.45, 7) is 17.2. The van der Waals surface area contributed by atoms with E-state index in [9.17, 15) is 19.8 Å². The second kappa shape index (κ2) is 8.04. The van der Waals surface area contributed by atoms with Gasteiger partial charge in [-0.05, 0) is 53.4 Å². The number of carbonyl (C=O) groups excluding carboxylic acids is 2. The van der Waals surface area contributed by atoms with Gasteiger partial charge in [-0.15, -0.1) is 0 Å². The minimum Gasteiger partial charge on any atom is -0.388 e. The number of hydrogen-bond acceptors (Lipinski definition) is 4. The lowest BCUT2D eigenvalue weighted by molar-refractivity contribution is -0.145. The summed E-state index contributed by atoms with van der Waals surface area (Å²) in [6, 6.07) is -0.968. The molecule has 0 aromatic rings. The molecule has 2 atom stereocenters. The van der Waals surface area contributed by atoms with Crippen molar-refractivity contribution in [3.63, 3.8) is 0 Å². The van der Waals surface area contributed by atoms with Gasteiger partial charge in [-0.3, -0.25) is 9.59 Å². The van der Waals surface area contributed by atoms with Crippen LogP contribution in [0.25, 0.3) is 0 Å². The molecule has 0 bridgehead atoms. The Morgan fingerprint density at radius 1 is 0.680 bits per heavy atom. The van der Waals surface area contributed by atoms with Gasteiger partial charge in [-0.2, -0.15) is 0 Å². The first-order valence-corrected chi connectivity index (χ1v) is 8.99. The lowest BCUT2D eigenvalue weighted by Crippen LogP contribution is -2.60. The zero-order chi connectivity index (χ0) is 20.4. The Balaban J connectivity index is 5.34. The summed E-state index contributed by atoms with van der Waals surface area (Å²) in [5.41, 5.74) is -3.55. The molecular formula is C19H38N2O4. The van der Waals surface area contributed by atoms with E-state index in [0.29, 0.717) is 0 Å². The SMILES string of the molecule is CC(C)C(NC(=O)C(C)(C)C(=O)NC(C(C)C)C(C)(C)O)C(C)(C)O. The third kappa shape index (κ3) is 6.59. The predicted octanol–water partition coefficient (Wildman–Crippen LogP) is 1.84. The van der Waals surface area contributed by atoms with Gasteiger partial charge in [0.1, 0.15) is 5.41 Å². The van der Waals surface area contributed by atoms with Gasteiger partial charge in [-0.25, -0.2) is 0 Å². The Morgan fingerprint density at radius 2 is 0.920 bits per heavy atom. The van der Waals surface area contributed by atoms with Crippen LogP contribution >= 0.6 is 0 Å². The highest BCUT2D eigenvalue weighted by atomic mass is 16.3. The Morgan fingerprint density at radius 3 is 1.08 bits per heavy atom. The van der Waals surface area contributed by atoms with Crippen molar-refractivity contribution in [1.29, 1.82) is 0 Å². The monoisotopic (exact) mass is 358 g/mol. The molecule has 0 fully saturated rings. The van der Waals surface area contributed by atoms with E-state index in [1.54, 1.807) is 41.5 Å². The highest BCUT2D eigenvalue weighted by Crippen LogP contribution is 2.23. The average Bonchev–Trinajstić information content (AvgIpc) is 2.37. The van der Waals surface area contributed by atoms with Crippen LogP contribution in [0.5, 0.6) is 0 Å². The van der Waals surface area contributed by atoms with E-state index in [1.807, 2.05) is 27.7 Å². The van der Waals surface area contributed by atoms with Crippen molar-refractivity contribution in [2.75, 3.05) is 0 Å². The molecule has 0 rings (SSSR count). The van der Waals surface area contributed by atoms with Gasteiger partial charge >= 0.3 is 0 Å². The summed E-state index contributed by atoms with van der Waals surface area (Å²) in [7, 11) is 0. The molecule has 2 amide bonds. The van der Waals surface area contributed by atoms with Gasteiger partial charge in [0.25, 0.3) is 0 Å². The minimum atomic E-state index is -1.34. The molecule has 0 saturated carbocycles. The van der Waals surface area contributed by atoms with Crippen LogP contribution in [0, 0.1) is 17.3 Å². The molecular weight excluding hydrogens is 320 g/mol. The molecule has 0 heterocycles. The number of nitrogens with one attached hydrogen (secondary N) is 2. The van der Waals surface area contributed by atoms with E-state index in [-0.39, 0.29) is 11.8 Å². The van der Waals surface area contributed by atoms with Crippen molar-refractivity contribution in [3.05, 3.63) is 0 Å². The fourth-order valence-electron chi connectivity index (χ4n) is 3.06. The molecule has 6 nitrogen and oxygen atoms in total. The largest absolute Gasteiger partial charge is 0.388 e. The van der Waals surface area contributed by atoms with Gasteiger partial charge in [0, 0.05) is 0 Å². The van der Waals surface area contributed by atoms with Gasteiger partial charge in [-0.1, -0.05) is 27.7 Å². The van der Waals surface area contributed by atoms with Crippen LogP contribution in [0.3, 0.4) is 0 Å². The molecule has 0 aliphatic carbocycles. The van der Waals surface area contributed by atoms with Crippen molar-refractivity contribution in [2.24, 2.45) is 17.3 Å². The molecule has 4 N–H and O–H groups in total. The highest BCUT2D eigenvalue weighted by Gasteiger charge is 2.42. The second-order valence-corrected chi connectivity index (χ2v) is 9.32. The highest BCUT2D eigenvalue weighted by molar-refractivity contribution is 6.04. The lowest BCUT2D eigenvalue weighted by atomic mass is 9.84. The Labute approximate surface area is 152 Å². The van der Waals surface area contributed by atoms with E-state index < -0.39 is 40.5 Å². The van der Waals surface area contributed by atoms with Crippen LogP contribution in [-0.2, 0) is 9.59 Å². The number of carbonyl (C=O) groups is 2. The first kappa shape index (κ1) is 23.9. The van der Waals surface area contributed by atoms with Gasteiger partial charge in [0.15, 0.2) is 0 Å². The van der Waals surface area contributed by atoms with Crippen LogP contribution < -0.4 is 10.6 Å². The second-order valence-electron chi connectivity index (χ2n) is 9.32. The van der Waals surface area contributed by atoms with E-state index in [4.69, 9.17) is 0 Å². The summed E-state index contributed by atoms with van der Waals surface area (Å²) in [5.74, 6) is -0.904. The molecule has 0 radical (unpaired) electrons. The van der Waals surface area contributed by atoms with E-state index in [2.05, 4.69) is 10.6 Å². The standard InChI is InChI=1S/C19H38N2O4/c1-11(2)13(18(7,8)24)20-15(22)17(5,6)16(23)21-14(12(3)4)19(9,10)25/h11-14,24-25H,1-10H3,(H,20,22)(H,21,23). The molecule has 0 aliphatic heterocycles. The maximum absolute atomic E-state index is 12.7. The quantitative estimate of drug-likeness (QED) is 0.498. The molecule has 25 heavy (non-hydrogen) atoms. The molecule has 148 valence electrons. The van der Waals surface area contributed by atoms with Gasteiger partial charge in [0.05, 0.1) is 23.3 Å². The van der Waals surface area contributed by atoms with E-state index >= 15 is 0 Å².